The minimum absolute atomic E-state index is 0.310. The fourth-order valence-electron chi connectivity index (χ4n) is 2.13. The number of hydrogen-bond donors (Lipinski definition) is 0. The lowest BCUT2D eigenvalue weighted by atomic mass is 10.2. The molecule has 0 unspecified atom stereocenters. The Balaban J connectivity index is 2.21. The molecule has 0 aliphatic rings. The van der Waals surface area contributed by atoms with E-state index >= 15 is 0 Å². The van der Waals surface area contributed by atoms with E-state index in [1.165, 1.54) is 6.07 Å². The quantitative estimate of drug-likeness (QED) is 0.666. The molecular weight excluding hydrogens is 335 g/mol. The van der Waals surface area contributed by atoms with Gasteiger partial charge in [0.05, 0.1) is 11.3 Å². The van der Waals surface area contributed by atoms with E-state index in [1.807, 2.05) is 0 Å². The summed E-state index contributed by atoms with van der Waals surface area (Å²) in [5, 5.41) is 3.50. The zero-order valence-electron chi connectivity index (χ0n) is 11.6. The highest BCUT2D eigenvalue weighted by molar-refractivity contribution is 5.55. The summed E-state index contributed by atoms with van der Waals surface area (Å²) >= 11 is 0. The molecule has 0 spiro atoms. The maximum atomic E-state index is 13.7. The van der Waals surface area contributed by atoms with Gasteiger partial charge in [-0.1, -0.05) is 18.2 Å². The first-order chi connectivity index (χ1) is 11.3. The van der Waals surface area contributed by atoms with Gasteiger partial charge in [0.1, 0.15) is 17.2 Å². The first-order valence-corrected chi connectivity index (χ1v) is 6.50. The van der Waals surface area contributed by atoms with Crippen molar-refractivity contribution < 1.29 is 26.4 Å². The van der Waals surface area contributed by atoms with Gasteiger partial charge in [-0.2, -0.15) is 17.9 Å². The molecule has 0 radical (unpaired) electrons. The number of alkyl halides is 3. The SMILES string of the molecule is O=c1oc(-c2c(F)cccc2F)nn1-c1ccccc1C(F)(F)F. The van der Waals surface area contributed by atoms with E-state index in [0.29, 0.717) is 4.68 Å². The monoisotopic (exact) mass is 342 g/mol. The second-order valence-electron chi connectivity index (χ2n) is 4.70. The first kappa shape index (κ1) is 15.9. The van der Waals surface area contributed by atoms with E-state index in [9.17, 15) is 26.7 Å². The van der Waals surface area contributed by atoms with Crippen molar-refractivity contribution in [2.45, 2.75) is 6.18 Å². The Morgan fingerprint density at radius 2 is 1.58 bits per heavy atom. The highest BCUT2D eigenvalue weighted by Crippen LogP contribution is 2.33. The third-order valence-corrected chi connectivity index (χ3v) is 3.16. The molecule has 24 heavy (non-hydrogen) atoms. The summed E-state index contributed by atoms with van der Waals surface area (Å²) < 4.78 is 71.5. The molecule has 3 rings (SSSR count). The van der Waals surface area contributed by atoms with Crippen LogP contribution >= 0.6 is 0 Å². The molecule has 124 valence electrons. The fraction of sp³-hybridized carbons (Fsp3) is 0.0667. The van der Waals surface area contributed by atoms with Crippen molar-refractivity contribution in [3.8, 4) is 17.1 Å². The smallest absolute Gasteiger partial charge is 0.387 e. The van der Waals surface area contributed by atoms with Crippen molar-refractivity contribution in [1.29, 1.82) is 0 Å². The topological polar surface area (TPSA) is 48.0 Å². The average molecular weight is 342 g/mol. The van der Waals surface area contributed by atoms with E-state index in [-0.39, 0.29) is 0 Å². The van der Waals surface area contributed by atoms with E-state index < -0.39 is 46.3 Å². The van der Waals surface area contributed by atoms with Crippen LogP contribution in [0.25, 0.3) is 17.1 Å². The minimum atomic E-state index is -4.75. The lowest BCUT2D eigenvalue weighted by molar-refractivity contribution is -0.137. The maximum Gasteiger partial charge on any atom is 0.442 e. The van der Waals surface area contributed by atoms with Gasteiger partial charge >= 0.3 is 11.9 Å². The summed E-state index contributed by atoms with van der Waals surface area (Å²) in [6, 6.07) is 7.03. The molecule has 0 saturated heterocycles. The van der Waals surface area contributed by atoms with Gasteiger partial charge in [0, 0.05) is 0 Å². The van der Waals surface area contributed by atoms with E-state index in [0.717, 1.165) is 36.4 Å². The minimum Gasteiger partial charge on any atom is -0.387 e. The van der Waals surface area contributed by atoms with E-state index in [4.69, 9.17) is 0 Å². The van der Waals surface area contributed by atoms with Crippen LogP contribution in [0.5, 0.6) is 0 Å². The zero-order valence-corrected chi connectivity index (χ0v) is 11.6. The van der Waals surface area contributed by atoms with Crippen molar-refractivity contribution in [2.75, 3.05) is 0 Å². The highest BCUT2D eigenvalue weighted by atomic mass is 19.4. The summed E-state index contributed by atoms with van der Waals surface area (Å²) in [5.74, 6) is -4.18. The molecule has 1 heterocycles. The summed E-state index contributed by atoms with van der Waals surface area (Å²) in [6.07, 6.45) is -4.75. The molecule has 4 nitrogen and oxygen atoms in total. The zero-order chi connectivity index (χ0) is 17.5. The molecule has 0 saturated carbocycles. The van der Waals surface area contributed by atoms with Gasteiger partial charge in [-0.15, -0.1) is 5.10 Å². The predicted octanol–water partition coefficient (Wildman–Crippen LogP) is 3.79. The maximum absolute atomic E-state index is 13.7. The predicted molar refractivity (Wildman–Crippen MR) is 72.5 cm³/mol. The molecule has 1 aromatic heterocycles. The van der Waals surface area contributed by atoms with Crippen LogP contribution in [0.15, 0.2) is 51.7 Å². The van der Waals surface area contributed by atoms with Gasteiger partial charge < -0.3 is 4.42 Å². The van der Waals surface area contributed by atoms with Crippen LogP contribution in [0.2, 0.25) is 0 Å². The average Bonchev–Trinajstić information content (AvgIpc) is 2.87. The summed E-state index contributed by atoms with van der Waals surface area (Å²) in [7, 11) is 0. The molecule has 0 atom stereocenters. The van der Waals surface area contributed by atoms with E-state index in [2.05, 4.69) is 9.52 Å². The number of para-hydroxylation sites is 1. The van der Waals surface area contributed by atoms with Gasteiger partial charge in [-0.05, 0) is 24.3 Å². The largest absolute Gasteiger partial charge is 0.442 e. The summed E-state index contributed by atoms with van der Waals surface area (Å²) in [4.78, 5) is 11.8. The highest BCUT2D eigenvalue weighted by Gasteiger charge is 2.35. The molecule has 0 aliphatic carbocycles. The number of rotatable bonds is 2. The van der Waals surface area contributed by atoms with Crippen LogP contribution in [0.1, 0.15) is 5.56 Å². The number of benzene rings is 2. The van der Waals surface area contributed by atoms with Gasteiger partial charge in [-0.25, -0.2) is 13.6 Å². The Morgan fingerprint density at radius 1 is 0.958 bits per heavy atom. The van der Waals surface area contributed by atoms with Crippen molar-refractivity contribution in [3.05, 3.63) is 70.2 Å². The van der Waals surface area contributed by atoms with Crippen LogP contribution < -0.4 is 5.76 Å². The molecular formula is C15H7F5N2O2. The van der Waals surface area contributed by atoms with Crippen molar-refractivity contribution >= 4 is 0 Å². The van der Waals surface area contributed by atoms with Crippen molar-refractivity contribution in [2.24, 2.45) is 0 Å². The number of nitrogens with zero attached hydrogens (tertiary/aromatic N) is 2. The van der Waals surface area contributed by atoms with Crippen LogP contribution in [0.4, 0.5) is 22.0 Å². The first-order valence-electron chi connectivity index (χ1n) is 6.50. The number of halogens is 5. The van der Waals surface area contributed by atoms with E-state index in [1.54, 1.807) is 0 Å². The molecule has 3 aromatic rings. The molecule has 0 amide bonds. The Labute approximate surface area is 130 Å². The number of aromatic nitrogens is 2. The molecule has 9 heteroatoms. The second kappa shape index (κ2) is 5.59. The molecule has 0 bridgehead atoms. The van der Waals surface area contributed by atoms with Crippen LogP contribution in [-0.4, -0.2) is 9.78 Å². The van der Waals surface area contributed by atoms with Crippen molar-refractivity contribution in [1.82, 2.24) is 9.78 Å². The summed E-state index contributed by atoms with van der Waals surface area (Å²) in [6.45, 7) is 0. The summed E-state index contributed by atoms with van der Waals surface area (Å²) in [5.41, 5.74) is -2.49. The van der Waals surface area contributed by atoms with Gasteiger partial charge in [-0.3, -0.25) is 0 Å². The normalized spacial score (nSPS) is 11.7. The molecule has 2 aromatic carbocycles. The van der Waals surface area contributed by atoms with Crippen LogP contribution in [-0.2, 0) is 6.18 Å². The van der Waals surface area contributed by atoms with Crippen LogP contribution in [0, 0.1) is 11.6 Å². The van der Waals surface area contributed by atoms with Gasteiger partial charge in [0.25, 0.3) is 5.89 Å². The third kappa shape index (κ3) is 2.68. The third-order valence-electron chi connectivity index (χ3n) is 3.16. The second-order valence-corrected chi connectivity index (χ2v) is 4.70. The van der Waals surface area contributed by atoms with Crippen LogP contribution in [0.3, 0.4) is 0 Å². The number of hydrogen-bond acceptors (Lipinski definition) is 3. The standard InChI is InChI=1S/C15H7F5N2O2/c16-9-5-3-6-10(17)12(9)13-21-22(14(23)24-13)11-7-2-1-4-8(11)15(18,19)20/h1-7H. The molecule has 0 N–H and O–H groups in total. The Kier molecular flexibility index (Phi) is 3.70. The Hall–Kier alpha value is -2.97. The lowest BCUT2D eigenvalue weighted by Crippen LogP contribution is -2.18. The molecule has 0 fully saturated rings. The fourth-order valence-corrected chi connectivity index (χ4v) is 2.13. The Morgan fingerprint density at radius 3 is 2.21 bits per heavy atom. The molecule has 0 aliphatic heterocycles. The lowest BCUT2D eigenvalue weighted by Gasteiger charge is -2.10. The van der Waals surface area contributed by atoms with Gasteiger partial charge in [0.15, 0.2) is 0 Å². The Bertz CT molecular complexity index is 939. The van der Waals surface area contributed by atoms with Gasteiger partial charge in [0.2, 0.25) is 0 Å². The van der Waals surface area contributed by atoms with Crippen molar-refractivity contribution in [3.63, 3.8) is 0 Å².